The normalized spacial score (nSPS) is 13.5. The summed E-state index contributed by atoms with van der Waals surface area (Å²) in [6, 6.07) is 3.55. The van der Waals surface area contributed by atoms with Crippen LogP contribution in [0.15, 0.2) is 30.7 Å². The van der Waals surface area contributed by atoms with Gasteiger partial charge in [0.1, 0.15) is 0 Å². The highest BCUT2D eigenvalue weighted by atomic mass is 16.6. The molecule has 0 N–H and O–H groups in total. The van der Waals surface area contributed by atoms with Gasteiger partial charge in [-0.25, -0.2) is 4.98 Å². The molecule has 0 amide bonds. The SMILES string of the molecule is CCn1cnc(C2=CCCc3c2ccc(OC)c3[N+](=O)[O-])c1. The maximum Gasteiger partial charge on any atom is 0.314 e. The van der Waals surface area contributed by atoms with E-state index < -0.39 is 0 Å². The number of nitro groups is 1. The molecule has 114 valence electrons. The van der Waals surface area contributed by atoms with E-state index in [2.05, 4.69) is 11.1 Å². The number of hydrogen-bond acceptors (Lipinski definition) is 4. The molecule has 1 aliphatic carbocycles. The van der Waals surface area contributed by atoms with Crippen LogP contribution in [0.4, 0.5) is 5.69 Å². The molecule has 0 saturated heterocycles. The second kappa shape index (κ2) is 5.63. The maximum atomic E-state index is 11.4. The zero-order valence-corrected chi connectivity index (χ0v) is 12.6. The van der Waals surface area contributed by atoms with E-state index in [1.165, 1.54) is 7.11 Å². The maximum absolute atomic E-state index is 11.4. The Morgan fingerprint density at radius 3 is 2.91 bits per heavy atom. The Labute approximate surface area is 128 Å². The van der Waals surface area contributed by atoms with Crippen molar-refractivity contribution < 1.29 is 9.66 Å². The highest BCUT2D eigenvalue weighted by Gasteiger charge is 2.27. The van der Waals surface area contributed by atoms with Crippen LogP contribution in [0.2, 0.25) is 0 Å². The third-order valence-corrected chi connectivity index (χ3v) is 3.96. The van der Waals surface area contributed by atoms with Crippen LogP contribution < -0.4 is 4.74 Å². The summed E-state index contributed by atoms with van der Waals surface area (Å²) in [5.74, 6) is 0.309. The molecular formula is C16H17N3O3. The molecule has 0 bridgehead atoms. The van der Waals surface area contributed by atoms with E-state index in [4.69, 9.17) is 4.74 Å². The van der Waals surface area contributed by atoms with Crippen molar-refractivity contribution in [2.75, 3.05) is 7.11 Å². The molecule has 0 radical (unpaired) electrons. The molecule has 22 heavy (non-hydrogen) atoms. The molecule has 0 aliphatic heterocycles. The molecule has 6 heteroatoms. The lowest BCUT2D eigenvalue weighted by atomic mass is 9.88. The molecule has 1 aromatic heterocycles. The van der Waals surface area contributed by atoms with Crippen LogP contribution in [0.5, 0.6) is 5.75 Å². The number of methoxy groups -OCH3 is 1. The van der Waals surface area contributed by atoms with Crippen LogP contribution in [-0.2, 0) is 13.0 Å². The van der Waals surface area contributed by atoms with E-state index in [0.29, 0.717) is 12.2 Å². The van der Waals surface area contributed by atoms with Gasteiger partial charge >= 0.3 is 5.69 Å². The molecule has 0 saturated carbocycles. The van der Waals surface area contributed by atoms with Gasteiger partial charge in [0, 0.05) is 23.9 Å². The van der Waals surface area contributed by atoms with Gasteiger partial charge in [0.25, 0.3) is 0 Å². The lowest BCUT2D eigenvalue weighted by Crippen LogP contribution is -2.07. The van der Waals surface area contributed by atoms with Gasteiger partial charge in [0.2, 0.25) is 0 Å². The standard InChI is InChI=1S/C16H17N3O3/c1-3-18-9-14(17-10-18)12-5-4-6-13-11(12)7-8-15(22-2)16(13)19(20)21/h5,7-10H,3-4,6H2,1-2H3. The van der Waals surface area contributed by atoms with E-state index in [-0.39, 0.29) is 10.6 Å². The fourth-order valence-corrected chi connectivity index (χ4v) is 2.87. The van der Waals surface area contributed by atoms with Crippen molar-refractivity contribution in [3.63, 3.8) is 0 Å². The largest absolute Gasteiger partial charge is 0.490 e. The van der Waals surface area contributed by atoms with Crippen molar-refractivity contribution >= 4 is 11.3 Å². The smallest absolute Gasteiger partial charge is 0.314 e. The number of allylic oxidation sites excluding steroid dienone is 1. The Morgan fingerprint density at radius 1 is 1.45 bits per heavy atom. The second-order valence-electron chi connectivity index (χ2n) is 5.15. The van der Waals surface area contributed by atoms with Crippen LogP contribution >= 0.6 is 0 Å². The number of nitro benzene ring substituents is 1. The topological polar surface area (TPSA) is 70.2 Å². The average Bonchev–Trinajstić information content (AvgIpc) is 3.01. The molecule has 1 heterocycles. The first-order valence-electron chi connectivity index (χ1n) is 7.22. The molecular weight excluding hydrogens is 282 g/mol. The minimum atomic E-state index is -0.356. The third kappa shape index (κ3) is 2.26. The fourth-order valence-electron chi connectivity index (χ4n) is 2.87. The Bertz CT molecular complexity index is 762. The highest BCUT2D eigenvalue weighted by Crippen LogP contribution is 2.40. The number of benzene rings is 1. The Balaban J connectivity index is 2.15. The van der Waals surface area contributed by atoms with Crippen LogP contribution in [0, 0.1) is 10.1 Å². The molecule has 0 atom stereocenters. The zero-order valence-electron chi connectivity index (χ0n) is 12.6. The van der Waals surface area contributed by atoms with E-state index in [1.54, 1.807) is 12.4 Å². The van der Waals surface area contributed by atoms with Gasteiger partial charge in [0.15, 0.2) is 5.75 Å². The lowest BCUT2D eigenvalue weighted by Gasteiger charge is -2.17. The minimum Gasteiger partial charge on any atom is -0.490 e. The first-order valence-corrected chi connectivity index (χ1v) is 7.22. The Hall–Kier alpha value is -2.63. The molecule has 1 aromatic carbocycles. The van der Waals surface area contributed by atoms with Crippen molar-refractivity contribution in [3.05, 3.63) is 57.7 Å². The quantitative estimate of drug-likeness (QED) is 0.642. The van der Waals surface area contributed by atoms with Crippen LogP contribution in [-0.4, -0.2) is 21.6 Å². The van der Waals surface area contributed by atoms with Crippen molar-refractivity contribution in [2.45, 2.75) is 26.3 Å². The average molecular weight is 299 g/mol. The third-order valence-electron chi connectivity index (χ3n) is 3.96. The van der Waals surface area contributed by atoms with Gasteiger partial charge < -0.3 is 9.30 Å². The van der Waals surface area contributed by atoms with Crippen molar-refractivity contribution in [1.82, 2.24) is 9.55 Å². The summed E-state index contributed by atoms with van der Waals surface area (Å²) in [5, 5.41) is 11.4. The van der Waals surface area contributed by atoms with Crippen molar-refractivity contribution in [2.24, 2.45) is 0 Å². The number of fused-ring (bicyclic) bond motifs is 1. The summed E-state index contributed by atoms with van der Waals surface area (Å²) in [5.41, 5.74) is 3.48. The molecule has 3 rings (SSSR count). The number of hydrogen-bond donors (Lipinski definition) is 0. The number of aryl methyl sites for hydroxylation is 1. The van der Waals surface area contributed by atoms with Gasteiger partial charge in [-0.05, 0) is 37.5 Å². The molecule has 0 spiro atoms. The second-order valence-corrected chi connectivity index (χ2v) is 5.15. The molecule has 2 aromatic rings. The summed E-state index contributed by atoms with van der Waals surface area (Å²) in [4.78, 5) is 15.5. The predicted octanol–water partition coefficient (Wildman–Crippen LogP) is 3.20. The zero-order chi connectivity index (χ0) is 15.7. The van der Waals surface area contributed by atoms with Crippen LogP contribution in [0.25, 0.3) is 5.57 Å². The summed E-state index contributed by atoms with van der Waals surface area (Å²) < 4.78 is 7.14. The first-order chi connectivity index (χ1) is 10.7. The fraction of sp³-hybridized carbons (Fsp3) is 0.312. The summed E-state index contributed by atoms with van der Waals surface area (Å²) in [6.07, 6.45) is 7.25. The van der Waals surface area contributed by atoms with Crippen molar-refractivity contribution in [3.8, 4) is 5.75 Å². The lowest BCUT2D eigenvalue weighted by molar-refractivity contribution is -0.386. The first kappa shape index (κ1) is 14.3. The van der Waals surface area contributed by atoms with Crippen LogP contribution in [0.1, 0.15) is 30.2 Å². The van der Waals surface area contributed by atoms with Gasteiger partial charge in [-0.3, -0.25) is 10.1 Å². The number of nitrogens with zero attached hydrogens (tertiary/aromatic N) is 3. The van der Waals surface area contributed by atoms with Gasteiger partial charge in [0.05, 0.1) is 24.1 Å². The monoisotopic (exact) mass is 299 g/mol. The van der Waals surface area contributed by atoms with Crippen LogP contribution in [0.3, 0.4) is 0 Å². The van der Waals surface area contributed by atoms with Gasteiger partial charge in [-0.15, -0.1) is 0 Å². The van der Waals surface area contributed by atoms with E-state index in [1.807, 2.05) is 23.8 Å². The Kier molecular flexibility index (Phi) is 3.66. The summed E-state index contributed by atoms with van der Waals surface area (Å²) in [7, 11) is 1.46. The number of imidazole rings is 1. The number of aromatic nitrogens is 2. The van der Waals surface area contributed by atoms with Gasteiger partial charge in [-0.1, -0.05) is 6.08 Å². The number of ether oxygens (including phenoxy) is 1. The summed E-state index contributed by atoms with van der Waals surface area (Å²) >= 11 is 0. The minimum absolute atomic E-state index is 0.0699. The Morgan fingerprint density at radius 2 is 2.27 bits per heavy atom. The summed E-state index contributed by atoms with van der Waals surface area (Å²) in [6.45, 7) is 2.89. The molecule has 1 aliphatic rings. The van der Waals surface area contributed by atoms with Gasteiger partial charge in [-0.2, -0.15) is 0 Å². The molecule has 0 fully saturated rings. The van der Waals surface area contributed by atoms with E-state index >= 15 is 0 Å². The molecule has 6 nitrogen and oxygen atoms in total. The number of rotatable bonds is 4. The molecule has 0 unspecified atom stereocenters. The van der Waals surface area contributed by atoms with E-state index in [0.717, 1.165) is 35.4 Å². The van der Waals surface area contributed by atoms with E-state index in [9.17, 15) is 10.1 Å². The van der Waals surface area contributed by atoms with Crippen molar-refractivity contribution in [1.29, 1.82) is 0 Å². The predicted molar refractivity (Wildman–Crippen MR) is 82.9 cm³/mol. The highest BCUT2D eigenvalue weighted by molar-refractivity contribution is 5.83.